The summed E-state index contributed by atoms with van der Waals surface area (Å²) >= 11 is 0. The number of amides is 1. The first-order valence-electron chi connectivity index (χ1n) is 6.76. The van der Waals surface area contributed by atoms with Crippen molar-refractivity contribution in [1.29, 1.82) is 0 Å². The molecule has 2 aromatic rings. The average molecular weight is 274 g/mol. The van der Waals surface area contributed by atoms with E-state index in [0.29, 0.717) is 25.3 Å². The van der Waals surface area contributed by atoms with Gasteiger partial charge in [-0.3, -0.25) is 4.79 Å². The van der Waals surface area contributed by atoms with Crippen LogP contribution in [0.4, 0.5) is 0 Å². The molecule has 1 N–H and O–H groups in total. The summed E-state index contributed by atoms with van der Waals surface area (Å²) in [5, 5.41) is 10.3. The highest BCUT2D eigenvalue weighted by Crippen LogP contribution is 2.23. The maximum atomic E-state index is 12.7. The zero-order valence-electron chi connectivity index (χ0n) is 11.5. The lowest BCUT2D eigenvalue weighted by molar-refractivity contribution is -0.0183. The van der Waals surface area contributed by atoms with Gasteiger partial charge in [-0.1, -0.05) is 18.2 Å². The van der Waals surface area contributed by atoms with E-state index in [2.05, 4.69) is 0 Å². The molecule has 5 heteroatoms. The Morgan fingerprint density at radius 3 is 3.05 bits per heavy atom. The van der Waals surface area contributed by atoms with Crippen LogP contribution in [0.25, 0.3) is 10.9 Å². The first-order chi connectivity index (χ1) is 9.72. The lowest BCUT2D eigenvalue weighted by Crippen LogP contribution is -2.50. The van der Waals surface area contributed by atoms with Gasteiger partial charge >= 0.3 is 0 Å². The molecule has 5 nitrogen and oxygen atoms in total. The van der Waals surface area contributed by atoms with Crippen molar-refractivity contribution in [3.05, 3.63) is 36.0 Å². The molecule has 20 heavy (non-hydrogen) atoms. The SMILES string of the molecule is Cn1cc(C(=O)N2CCOC[C@H]2CO)c2ccccc21. The van der Waals surface area contributed by atoms with E-state index in [-0.39, 0.29) is 18.6 Å². The Bertz CT molecular complexity index is 635. The summed E-state index contributed by atoms with van der Waals surface area (Å²) in [6.07, 6.45) is 1.86. The summed E-state index contributed by atoms with van der Waals surface area (Å²) < 4.78 is 7.28. The van der Waals surface area contributed by atoms with E-state index < -0.39 is 0 Å². The van der Waals surface area contributed by atoms with Gasteiger partial charge in [-0.15, -0.1) is 0 Å². The van der Waals surface area contributed by atoms with Crippen LogP contribution in [0, 0.1) is 0 Å². The van der Waals surface area contributed by atoms with E-state index >= 15 is 0 Å². The normalized spacial score (nSPS) is 19.5. The quantitative estimate of drug-likeness (QED) is 0.889. The molecule has 1 atom stereocenters. The molecule has 0 bridgehead atoms. The number of rotatable bonds is 2. The van der Waals surface area contributed by atoms with Crippen LogP contribution in [-0.2, 0) is 11.8 Å². The fraction of sp³-hybridized carbons (Fsp3) is 0.400. The summed E-state index contributed by atoms with van der Waals surface area (Å²) in [5.41, 5.74) is 1.72. The molecule has 0 aliphatic carbocycles. The number of para-hydroxylation sites is 1. The van der Waals surface area contributed by atoms with E-state index in [4.69, 9.17) is 4.74 Å². The zero-order chi connectivity index (χ0) is 14.1. The zero-order valence-corrected chi connectivity index (χ0v) is 11.5. The summed E-state index contributed by atoms with van der Waals surface area (Å²) in [7, 11) is 1.93. The number of carbonyl (C=O) groups is 1. The van der Waals surface area contributed by atoms with Gasteiger partial charge in [-0.25, -0.2) is 0 Å². The van der Waals surface area contributed by atoms with Gasteiger partial charge in [0.1, 0.15) is 0 Å². The van der Waals surface area contributed by atoms with Gasteiger partial charge in [0.05, 0.1) is 31.4 Å². The molecule has 1 aliphatic rings. The van der Waals surface area contributed by atoms with Crippen molar-refractivity contribution >= 4 is 16.8 Å². The summed E-state index contributed by atoms with van der Waals surface area (Å²) in [6, 6.07) is 7.59. The average Bonchev–Trinajstić information content (AvgIpc) is 2.84. The molecule has 2 heterocycles. The maximum absolute atomic E-state index is 12.7. The Labute approximate surface area is 117 Å². The number of morpholine rings is 1. The summed E-state index contributed by atoms with van der Waals surface area (Å²) in [5.74, 6) is -0.0378. The number of benzene rings is 1. The van der Waals surface area contributed by atoms with Gasteiger partial charge in [0.25, 0.3) is 5.91 Å². The number of carbonyl (C=O) groups excluding carboxylic acids is 1. The van der Waals surface area contributed by atoms with Crippen molar-refractivity contribution in [2.24, 2.45) is 7.05 Å². The highest BCUT2D eigenvalue weighted by atomic mass is 16.5. The van der Waals surface area contributed by atoms with Crippen molar-refractivity contribution in [1.82, 2.24) is 9.47 Å². The number of hydrogen-bond donors (Lipinski definition) is 1. The second-order valence-corrected chi connectivity index (χ2v) is 5.08. The third-order valence-electron chi connectivity index (χ3n) is 3.83. The standard InChI is InChI=1S/C15H18N2O3/c1-16-8-13(12-4-2-3-5-14(12)16)15(19)17-6-7-20-10-11(17)9-18/h2-5,8,11,18H,6-7,9-10H2,1H3/t11-/m1/s1. The van der Waals surface area contributed by atoms with Crippen LogP contribution in [0.5, 0.6) is 0 Å². The van der Waals surface area contributed by atoms with E-state index in [1.165, 1.54) is 0 Å². The van der Waals surface area contributed by atoms with Gasteiger partial charge in [-0.05, 0) is 6.07 Å². The Kier molecular flexibility index (Phi) is 3.46. The molecule has 1 aromatic heterocycles. The van der Waals surface area contributed by atoms with Crippen LogP contribution in [-0.4, -0.2) is 52.9 Å². The van der Waals surface area contributed by atoms with Crippen molar-refractivity contribution in [3.8, 4) is 0 Å². The summed E-state index contributed by atoms with van der Waals surface area (Å²) in [6.45, 7) is 1.36. The second-order valence-electron chi connectivity index (χ2n) is 5.08. The predicted octanol–water partition coefficient (Wildman–Crippen LogP) is 1.01. The molecule has 0 saturated carbocycles. The van der Waals surface area contributed by atoms with Gasteiger partial charge in [0.15, 0.2) is 0 Å². The molecule has 0 spiro atoms. The van der Waals surface area contributed by atoms with Crippen LogP contribution >= 0.6 is 0 Å². The first-order valence-corrected chi connectivity index (χ1v) is 6.76. The van der Waals surface area contributed by atoms with Gasteiger partial charge in [0, 0.05) is 30.7 Å². The smallest absolute Gasteiger partial charge is 0.256 e. The first kappa shape index (κ1) is 13.1. The number of aryl methyl sites for hydroxylation is 1. The van der Waals surface area contributed by atoms with E-state index in [1.54, 1.807) is 4.90 Å². The topological polar surface area (TPSA) is 54.7 Å². The van der Waals surface area contributed by atoms with E-state index in [0.717, 1.165) is 10.9 Å². The number of ether oxygens (including phenoxy) is 1. The second kappa shape index (κ2) is 5.26. The molecule has 3 rings (SSSR count). The largest absolute Gasteiger partial charge is 0.394 e. The molecule has 1 amide bonds. The van der Waals surface area contributed by atoms with Gasteiger partial charge < -0.3 is 19.3 Å². The Balaban J connectivity index is 2.00. The maximum Gasteiger partial charge on any atom is 0.256 e. The lowest BCUT2D eigenvalue weighted by atomic mass is 10.1. The number of aliphatic hydroxyl groups excluding tert-OH is 1. The third kappa shape index (κ3) is 2.09. The fourth-order valence-electron chi connectivity index (χ4n) is 2.74. The molecule has 106 valence electrons. The summed E-state index contributed by atoms with van der Waals surface area (Å²) in [4.78, 5) is 14.5. The molecule has 1 aromatic carbocycles. The number of fused-ring (bicyclic) bond motifs is 1. The number of aliphatic hydroxyl groups is 1. The van der Waals surface area contributed by atoms with Gasteiger partial charge in [-0.2, -0.15) is 0 Å². The predicted molar refractivity (Wildman–Crippen MR) is 75.6 cm³/mol. The molecule has 0 radical (unpaired) electrons. The number of hydrogen-bond acceptors (Lipinski definition) is 3. The van der Waals surface area contributed by atoms with Gasteiger partial charge in [0.2, 0.25) is 0 Å². The van der Waals surface area contributed by atoms with Crippen molar-refractivity contribution < 1.29 is 14.6 Å². The van der Waals surface area contributed by atoms with Crippen molar-refractivity contribution in [3.63, 3.8) is 0 Å². The van der Waals surface area contributed by atoms with Crippen molar-refractivity contribution in [2.75, 3.05) is 26.4 Å². The lowest BCUT2D eigenvalue weighted by Gasteiger charge is -2.34. The Morgan fingerprint density at radius 2 is 2.25 bits per heavy atom. The molecular weight excluding hydrogens is 256 g/mol. The molecule has 1 fully saturated rings. The molecule has 1 saturated heterocycles. The van der Waals surface area contributed by atoms with Crippen LogP contribution in [0.3, 0.4) is 0 Å². The van der Waals surface area contributed by atoms with Crippen LogP contribution < -0.4 is 0 Å². The molecular formula is C15H18N2O3. The molecule has 1 aliphatic heterocycles. The Hall–Kier alpha value is -1.85. The van der Waals surface area contributed by atoms with Crippen LogP contribution in [0.2, 0.25) is 0 Å². The minimum atomic E-state index is -0.254. The molecule has 0 unspecified atom stereocenters. The minimum Gasteiger partial charge on any atom is -0.394 e. The van der Waals surface area contributed by atoms with E-state index in [1.807, 2.05) is 42.1 Å². The third-order valence-corrected chi connectivity index (χ3v) is 3.83. The van der Waals surface area contributed by atoms with E-state index in [9.17, 15) is 9.90 Å². The fourth-order valence-corrected chi connectivity index (χ4v) is 2.74. The van der Waals surface area contributed by atoms with Crippen LogP contribution in [0.15, 0.2) is 30.5 Å². The Morgan fingerprint density at radius 1 is 1.45 bits per heavy atom. The minimum absolute atomic E-state index is 0.0378. The van der Waals surface area contributed by atoms with Crippen LogP contribution in [0.1, 0.15) is 10.4 Å². The number of aromatic nitrogens is 1. The highest BCUT2D eigenvalue weighted by molar-refractivity contribution is 6.07. The van der Waals surface area contributed by atoms with Crippen molar-refractivity contribution in [2.45, 2.75) is 6.04 Å². The highest BCUT2D eigenvalue weighted by Gasteiger charge is 2.29. The number of nitrogens with zero attached hydrogens (tertiary/aromatic N) is 2. The monoisotopic (exact) mass is 274 g/mol.